The minimum absolute atomic E-state index is 0.136. The van der Waals surface area contributed by atoms with Gasteiger partial charge < -0.3 is 4.90 Å². The second kappa shape index (κ2) is 17.4. The van der Waals surface area contributed by atoms with Crippen LogP contribution in [0.4, 0.5) is 33.5 Å². The summed E-state index contributed by atoms with van der Waals surface area (Å²) in [5.41, 5.74) is 1.26. The van der Waals surface area contributed by atoms with Crippen molar-refractivity contribution in [2.24, 2.45) is 5.41 Å². The van der Waals surface area contributed by atoms with Gasteiger partial charge in [0, 0.05) is 16.5 Å². The second-order valence-electron chi connectivity index (χ2n) is 9.51. The van der Waals surface area contributed by atoms with Crippen LogP contribution >= 0.6 is 0 Å². The number of benzene rings is 2. The van der Waals surface area contributed by atoms with Gasteiger partial charge in [0.05, 0.1) is 18.4 Å². The predicted molar refractivity (Wildman–Crippen MR) is 156 cm³/mol. The number of rotatable bonds is 7. The molecule has 2 aromatic carbocycles. The lowest BCUT2D eigenvalue weighted by molar-refractivity contribution is 0.0324. The van der Waals surface area contributed by atoms with Crippen molar-refractivity contribution in [3.05, 3.63) is 59.0 Å². The van der Waals surface area contributed by atoms with E-state index in [0.29, 0.717) is 16.5 Å². The first kappa shape index (κ1) is 36.7. The topological polar surface area (TPSA) is 68.8 Å². The van der Waals surface area contributed by atoms with Gasteiger partial charge in [0.2, 0.25) is 12.0 Å². The van der Waals surface area contributed by atoms with Crippen molar-refractivity contribution in [1.82, 2.24) is 9.55 Å². The van der Waals surface area contributed by atoms with E-state index in [1.54, 1.807) is 19.1 Å². The normalized spacial score (nSPS) is 10.7. The molecular formula is C30H44F5N5. The van der Waals surface area contributed by atoms with Gasteiger partial charge >= 0.3 is 0 Å². The zero-order valence-electron chi connectivity index (χ0n) is 25.0. The Balaban J connectivity index is 0.00000119. The first-order valence-electron chi connectivity index (χ1n) is 13.5. The Morgan fingerprint density at radius 2 is 1.57 bits per heavy atom. The first-order valence-corrected chi connectivity index (χ1v) is 13.5. The van der Waals surface area contributed by atoms with E-state index in [1.807, 2.05) is 46.8 Å². The van der Waals surface area contributed by atoms with E-state index in [1.165, 1.54) is 42.4 Å². The first-order chi connectivity index (χ1) is 18.8. The predicted octanol–water partition coefficient (Wildman–Crippen LogP) is 9.12. The highest BCUT2D eigenvalue weighted by atomic mass is 19.3. The summed E-state index contributed by atoms with van der Waals surface area (Å²) in [6, 6.07) is 9.57. The zero-order valence-corrected chi connectivity index (χ0v) is 25.0. The molecule has 0 saturated heterocycles. The van der Waals surface area contributed by atoms with Crippen molar-refractivity contribution in [3.8, 4) is 0 Å². The maximum absolute atomic E-state index is 14.0. The standard InChI is InChI=1S/C21H22F3N5.C5H10F2.2C2H6/c1-3-4-14-5-6-17-18(9-14)29(12-25)21(26)27-20(17)28(11-19(23)24)16-8-13(2)7-15(22)10-16;1-5(2,3)4(6)7;2*1-2/h5-10,12,19,25-26H,3-4,11H2,1-2H3;4H,1-3H3;2*1-2H3. The highest BCUT2D eigenvalue weighted by molar-refractivity contribution is 5.94. The SMILES string of the molecule is CC.CC.CC(C)(C)C(F)F.CCCc1ccc2c(N(CC(F)F)c3cc(C)cc(F)c3)nc(=N)n(C=N)c2c1. The molecule has 1 heterocycles. The molecule has 40 heavy (non-hydrogen) atoms. The molecule has 0 atom stereocenters. The number of hydrogen-bond donors (Lipinski definition) is 2. The molecule has 0 aliphatic rings. The van der Waals surface area contributed by atoms with E-state index in [0.717, 1.165) is 24.7 Å². The van der Waals surface area contributed by atoms with Crippen LogP contribution in [-0.4, -0.2) is 35.3 Å². The Kier molecular flexibility index (Phi) is 16.0. The van der Waals surface area contributed by atoms with E-state index in [2.05, 4.69) is 4.98 Å². The minimum atomic E-state index is -2.70. The zero-order chi connectivity index (χ0) is 31.2. The highest BCUT2D eigenvalue weighted by Crippen LogP contribution is 2.32. The second-order valence-corrected chi connectivity index (χ2v) is 9.51. The van der Waals surface area contributed by atoms with Crippen LogP contribution in [0.1, 0.15) is 72.9 Å². The third kappa shape index (κ3) is 10.7. The Morgan fingerprint density at radius 3 is 2.02 bits per heavy atom. The molecule has 2 N–H and O–H groups in total. The lowest BCUT2D eigenvalue weighted by Gasteiger charge is -2.26. The fourth-order valence-electron chi connectivity index (χ4n) is 3.40. The summed E-state index contributed by atoms with van der Waals surface area (Å²) in [6.07, 6.45) is -2.20. The lowest BCUT2D eigenvalue weighted by atomic mass is 9.98. The van der Waals surface area contributed by atoms with Gasteiger partial charge in [-0.3, -0.25) is 15.4 Å². The number of halogens is 5. The number of alkyl halides is 4. The van der Waals surface area contributed by atoms with Crippen molar-refractivity contribution in [1.29, 1.82) is 10.8 Å². The van der Waals surface area contributed by atoms with Gasteiger partial charge in [-0.1, -0.05) is 67.9 Å². The molecule has 0 amide bonds. The average Bonchev–Trinajstić information content (AvgIpc) is 2.88. The molecule has 0 fully saturated rings. The molecule has 0 bridgehead atoms. The van der Waals surface area contributed by atoms with Crippen LogP contribution in [0.5, 0.6) is 0 Å². The quantitative estimate of drug-likeness (QED) is 0.169. The monoisotopic (exact) mass is 569 g/mol. The number of aromatic nitrogens is 2. The van der Waals surface area contributed by atoms with Crippen LogP contribution < -0.4 is 10.5 Å². The molecule has 0 aliphatic carbocycles. The van der Waals surface area contributed by atoms with Crippen LogP contribution in [0.2, 0.25) is 0 Å². The summed E-state index contributed by atoms with van der Waals surface area (Å²) in [4.78, 5) is 5.42. The van der Waals surface area contributed by atoms with Crippen LogP contribution in [0.25, 0.3) is 10.9 Å². The minimum Gasteiger partial charge on any atom is -0.320 e. The summed E-state index contributed by atoms with van der Waals surface area (Å²) in [6.45, 7) is 15.6. The van der Waals surface area contributed by atoms with Gasteiger partial charge in [-0.2, -0.15) is 4.98 Å². The van der Waals surface area contributed by atoms with E-state index < -0.39 is 30.6 Å². The number of nitrogens with one attached hydrogen (secondary N) is 2. The molecule has 1 aromatic heterocycles. The van der Waals surface area contributed by atoms with Gasteiger partial charge in [0.1, 0.15) is 11.6 Å². The van der Waals surface area contributed by atoms with Crippen LogP contribution in [0, 0.1) is 29.0 Å². The summed E-state index contributed by atoms with van der Waals surface area (Å²) in [5, 5.41) is 16.4. The number of anilines is 2. The summed E-state index contributed by atoms with van der Waals surface area (Å²) >= 11 is 0. The summed E-state index contributed by atoms with van der Waals surface area (Å²) < 4.78 is 65.2. The third-order valence-corrected chi connectivity index (χ3v) is 5.24. The summed E-state index contributed by atoms with van der Waals surface area (Å²) in [5.74, 6) is -0.401. The lowest BCUT2D eigenvalue weighted by Crippen LogP contribution is -2.30. The number of nitrogens with zero attached hydrogens (tertiary/aromatic N) is 3. The van der Waals surface area contributed by atoms with Crippen molar-refractivity contribution in [3.63, 3.8) is 0 Å². The van der Waals surface area contributed by atoms with E-state index in [4.69, 9.17) is 10.8 Å². The Labute approximate surface area is 235 Å². The van der Waals surface area contributed by atoms with Crippen LogP contribution in [0.15, 0.2) is 36.4 Å². The van der Waals surface area contributed by atoms with Crippen molar-refractivity contribution < 1.29 is 22.0 Å². The fourth-order valence-corrected chi connectivity index (χ4v) is 3.40. The Bertz CT molecular complexity index is 1230. The van der Waals surface area contributed by atoms with Gasteiger partial charge in [-0.15, -0.1) is 0 Å². The molecule has 0 aliphatic heterocycles. The molecule has 0 spiro atoms. The summed E-state index contributed by atoms with van der Waals surface area (Å²) in [7, 11) is 0. The molecule has 10 heteroatoms. The van der Waals surface area contributed by atoms with Crippen LogP contribution in [0.3, 0.4) is 0 Å². The van der Waals surface area contributed by atoms with Gasteiger partial charge in [-0.05, 0) is 54.8 Å². The van der Waals surface area contributed by atoms with Crippen molar-refractivity contribution in [2.75, 3.05) is 11.4 Å². The molecular weight excluding hydrogens is 525 g/mol. The molecule has 224 valence electrons. The molecule has 3 rings (SSSR count). The fraction of sp³-hybridized carbons (Fsp3) is 0.500. The van der Waals surface area contributed by atoms with Crippen LogP contribution in [-0.2, 0) is 6.42 Å². The largest absolute Gasteiger partial charge is 0.320 e. The van der Waals surface area contributed by atoms with Gasteiger partial charge in [-0.25, -0.2) is 22.0 Å². The van der Waals surface area contributed by atoms with E-state index >= 15 is 0 Å². The number of aryl methyl sites for hydroxylation is 2. The molecule has 5 nitrogen and oxygen atoms in total. The molecule has 3 aromatic rings. The number of hydrogen-bond acceptors (Lipinski definition) is 4. The highest BCUT2D eigenvalue weighted by Gasteiger charge is 2.23. The number of fused-ring (bicyclic) bond motifs is 1. The van der Waals surface area contributed by atoms with E-state index in [-0.39, 0.29) is 17.1 Å². The Morgan fingerprint density at radius 1 is 1.00 bits per heavy atom. The molecule has 0 unspecified atom stereocenters. The molecule has 0 radical (unpaired) electrons. The maximum Gasteiger partial charge on any atom is 0.256 e. The smallest absolute Gasteiger partial charge is 0.256 e. The van der Waals surface area contributed by atoms with Gasteiger partial charge in [0.15, 0.2) is 0 Å². The van der Waals surface area contributed by atoms with Crippen molar-refractivity contribution >= 4 is 28.7 Å². The molecule has 0 saturated carbocycles. The third-order valence-electron chi connectivity index (χ3n) is 5.24. The average molecular weight is 570 g/mol. The van der Waals surface area contributed by atoms with Crippen molar-refractivity contribution in [2.45, 2.75) is 88.0 Å². The van der Waals surface area contributed by atoms with Gasteiger partial charge in [0.25, 0.3) is 6.43 Å². The Hall–Kier alpha value is -3.30. The van der Waals surface area contributed by atoms with E-state index in [9.17, 15) is 22.0 Å². The maximum atomic E-state index is 14.0.